The van der Waals surface area contributed by atoms with Crippen LogP contribution in [-0.2, 0) is 16.6 Å². The van der Waals surface area contributed by atoms with Gasteiger partial charge in [-0.2, -0.15) is 0 Å². The molecule has 3 N–H and O–H groups in total. The molecule has 0 heterocycles. The number of aryl methyl sites for hydroxylation is 1. The summed E-state index contributed by atoms with van der Waals surface area (Å²) in [4.78, 5) is 4.83. The second-order valence-corrected chi connectivity index (χ2v) is 8.14. The van der Waals surface area contributed by atoms with Crippen molar-refractivity contribution in [1.82, 2.24) is 15.4 Å². The highest BCUT2D eigenvalue weighted by atomic mass is 32.2. The van der Waals surface area contributed by atoms with Crippen LogP contribution in [0.25, 0.3) is 0 Å². The lowest BCUT2D eigenvalue weighted by Crippen LogP contribution is -2.41. The van der Waals surface area contributed by atoms with Crippen LogP contribution >= 0.6 is 0 Å². The number of aliphatic imine (C=N–C) groups is 1. The van der Waals surface area contributed by atoms with Gasteiger partial charge in [-0.05, 0) is 39.0 Å². The zero-order valence-electron chi connectivity index (χ0n) is 17.2. The van der Waals surface area contributed by atoms with Gasteiger partial charge in [0, 0.05) is 25.2 Å². The first-order chi connectivity index (χ1) is 14.0. The van der Waals surface area contributed by atoms with Crippen molar-refractivity contribution in [2.24, 2.45) is 4.99 Å². The molecule has 0 radical (unpaired) electrons. The lowest BCUT2D eigenvalue weighted by atomic mass is 10.2. The highest BCUT2D eigenvalue weighted by molar-refractivity contribution is 7.89. The lowest BCUT2D eigenvalue weighted by Gasteiger charge is -2.13. The van der Waals surface area contributed by atoms with Crippen molar-refractivity contribution < 1.29 is 13.2 Å². The Morgan fingerprint density at radius 2 is 1.72 bits per heavy atom. The molecule has 0 fully saturated rings. The summed E-state index contributed by atoms with van der Waals surface area (Å²) < 4.78 is 32.9. The largest absolute Gasteiger partial charge is 0.494 e. The molecule has 2 aromatic rings. The summed E-state index contributed by atoms with van der Waals surface area (Å²) in [6.45, 7) is 8.26. The highest BCUT2D eigenvalue weighted by Gasteiger charge is 2.12. The van der Waals surface area contributed by atoms with Crippen LogP contribution in [0.15, 0.2) is 58.4 Å². The van der Waals surface area contributed by atoms with E-state index in [1.807, 2.05) is 45.0 Å². The number of para-hydroxylation sites is 1. The molecule has 0 aliphatic carbocycles. The number of rotatable bonds is 10. The summed E-state index contributed by atoms with van der Waals surface area (Å²) in [5, 5.41) is 6.31. The second kappa shape index (κ2) is 11.4. The van der Waals surface area contributed by atoms with Crippen LogP contribution in [-0.4, -0.2) is 40.6 Å². The van der Waals surface area contributed by atoms with Crippen molar-refractivity contribution in [1.29, 1.82) is 0 Å². The van der Waals surface area contributed by atoms with Crippen LogP contribution in [0.4, 0.5) is 0 Å². The maximum Gasteiger partial charge on any atom is 0.240 e. The molecule has 0 bridgehead atoms. The molecule has 0 saturated carbocycles. The molecule has 2 aromatic carbocycles. The fourth-order valence-corrected chi connectivity index (χ4v) is 3.64. The Labute approximate surface area is 173 Å². The molecule has 0 spiro atoms. The van der Waals surface area contributed by atoms with E-state index >= 15 is 0 Å². The summed E-state index contributed by atoms with van der Waals surface area (Å²) in [5.41, 5.74) is 2.01. The molecule has 29 heavy (non-hydrogen) atoms. The molecule has 2 rings (SSSR count). The van der Waals surface area contributed by atoms with E-state index in [0.29, 0.717) is 32.2 Å². The lowest BCUT2D eigenvalue weighted by molar-refractivity contribution is 0.336. The summed E-state index contributed by atoms with van der Waals surface area (Å²) in [7, 11) is -3.52. The highest BCUT2D eigenvalue weighted by Crippen LogP contribution is 2.18. The van der Waals surface area contributed by atoms with Gasteiger partial charge >= 0.3 is 0 Å². The van der Waals surface area contributed by atoms with Crippen molar-refractivity contribution in [3.63, 3.8) is 0 Å². The van der Waals surface area contributed by atoms with Crippen LogP contribution in [0.1, 0.15) is 25.0 Å². The Hall–Kier alpha value is -2.58. The third-order valence-corrected chi connectivity index (χ3v) is 5.54. The van der Waals surface area contributed by atoms with Gasteiger partial charge in [0.1, 0.15) is 5.75 Å². The summed E-state index contributed by atoms with van der Waals surface area (Å²) in [6, 6.07) is 14.6. The maximum absolute atomic E-state index is 12.3. The predicted molar refractivity (Wildman–Crippen MR) is 117 cm³/mol. The molecule has 7 nitrogen and oxygen atoms in total. The Bertz CT molecular complexity index is 896. The first kappa shape index (κ1) is 22.7. The minimum atomic E-state index is -3.52. The van der Waals surface area contributed by atoms with Gasteiger partial charge in [-0.25, -0.2) is 18.1 Å². The third kappa shape index (κ3) is 7.40. The summed E-state index contributed by atoms with van der Waals surface area (Å²) >= 11 is 0. The van der Waals surface area contributed by atoms with Crippen LogP contribution < -0.4 is 20.1 Å². The predicted octanol–water partition coefficient (Wildman–Crippen LogP) is 2.43. The molecule has 0 aromatic heterocycles. The quantitative estimate of drug-likeness (QED) is 0.313. The van der Waals surface area contributed by atoms with Crippen molar-refractivity contribution in [2.75, 3.05) is 26.2 Å². The van der Waals surface area contributed by atoms with Gasteiger partial charge < -0.3 is 15.4 Å². The first-order valence-corrected chi connectivity index (χ1v) is 11.2. The van der Waals surface area contributed by atoms with Gasteiger partial charge in [0.05, 0.1) is 18.0 Å². The van der Waals surface area contributed by atoms with E-state index in [4.69, 9.17) is 4.74 Å². The van der Waals surface area contributed by atoms with Crippen LogP contribution in [0.5, 0.6) is 5.75 Å². The fourth-order valence-electron chi connectivity index (χ4n) is 2.60. The Balaban J connectivity index is 1.90. The smallest absolute Gasteiger partial charge is 0.240 e. The van der Waals surface area contributed by atoms with Crippen LogP contribution in [0.2, 0.25) is 0 Å². The topological polar surface area (TPSA) is 91.8 Å². The second-order valence-electron chi connectivity index (χ2n) is 6.37. The molecule has 0 aliphatic heterocycles. The third-order valence-electron chi connectivity index (χ3n) is 4.06. The number of benzene rings is 2. The zero-order chi connectivity index (χ0) is 21.1. The van der Waals surface area contributed by atoms with Gasteiger partial charge in [0.15, 0.2) is 5.96 Å². The summed E-state index contributed by atoms with van der Waals surface area (Å²) in [6.07, 6.45) is 0. The fraction of sp³-hybridized carbons (Fsp3) is 0.381. The first-order valence-electron chi connectivity index (χ1n) is 9.75. The molecule has 0 amide bonds. The molecular weight excluding hydrogens is 388 g/mol. The number of sulfonamides is 1. The normalized spacial score (nSPS) is 11.9. The van der Waals surface area contributed by atoms with Crippen LogP contribution in [0, 0.1) is 6.92 Å². The van der Waals surface area contributed by atoms with Crippen molar-refractivity contribution in [2.45, 2.75) is 32.2 Å². The Morgan fingerprint density at radius 3 is 2.41 bits per heavy atom. The molecule has 8 heteroatoms. The van der Waals surface area contributed by atoms with E-state index < -0.39 is 10.0 Å². The average molecular weight is 419 g/mol. The molecule has 0 unspecified atom stereocenters. The Kier molecular flexibility index (Phi) is 8.95. The van der Waals surface area contributed by atoms with E-state index in [1.54, 1.807) is 24.3 Å². The van der Waals surface area contributed by atoms with Crippen LogP contribution in [0.3, 0.4) is 0 Å². The number of hydrogen-bond acceptors (Lipinski definition) is 4. The van der Waals surface area contributed by atoms with Gasteiger partial charge in [-0.15, -0.1) is 0 Å². The molecule has 158 valence electrons. The Morgan fingerprint density at radius 1 is 1.00 bits per heavy atom. The van der Waals surface area contributed by atoms with Crippen molar-refractivity contribution in [3.05, 3.63) is 59.7 Å². The molecule has 0 saturated heterocycles. The molecule has 0 atom stereocenters. The minimum absolute atomic E-state index is 0.246. The van der Waals surface area contributed by atoms with E-state index in [0.717, 1.165) is 16.9 Å². The zero-order valence-corrected chi connectivity index (χ0v) is 18.1. The van der Waals surface area contributed by atoms with Gasteiger partial charge in [0.2, 0.25) is 10.0 Å². The van der Waals surface area contributed by atoms with Gasteiger partial charge in [-0.1, -0.05) is 35.9 Å². The number of nitrogens with one attached hydrogen (secondary N) is 3. The van der Waals surface area contributed by atoms with E-state index in [1.165, 1.54) is 0 Å². The molecule has 0 aliphatic rings. The SMILES string of the molecule is CCNC(=NCc1ccccc1OCC)NCCNS(=O)(=O)c1ccc(C)cc1. The monoisotopic (exact) mass is 418 g/mol. The van der Waals surface area contributed by atoms with Crippen molar-refractivity contribution in [3.8, 4) is 5.75 Å². The van der Waals surface area contributed by atoms with Crippen molar-refractivity contribution >= 4 is 16.0 Å². The van der Waals surface area contributed by atoms with Gasteiger partial charge in [0.25, 0.3) is 0 Å². The van der Waals surface area contributed by atoms with E-state index in [9.17, 15) is 8.42 Å². The number of hydrogen-bond donors (Lipinski definition) is 3. The minimum Gasteiger partial charge on any atom is -0.494 e. The standard InChI is InChI=1S/C21H30N4O3S/c1-4-22-21(24-16-18-8-6-7-9-20(18)28-5-2)23-14-15-25-29(26,27)19-12-10-17(3)11-13-19/h6-13,25H,4-5,14-16H2,1-3H3,(H2,22,23,24). The number of ether oxygens (including phenoxy) is 1. The van der Waals surface area contributed by atoms with E-state index in [-0.39, 0.29) is 11.4 Å². The average Bonchev–Trinajstić information content (AvgIpc) is 2.71. The summed E-state index contributed by atoms with van der Waals surface area (Å²) in [5.74, 6) is 1.44. The number of nitrogens with zero attached hydrogens (tertiary/aromatic N) is 1. The maximum atomic E-state index is 12.3. The van der Waals surface area contributed by atoms with E-state index in [2.05, 4.69) is 20.3 Å². The number of guanidine groups is 1. The van der Waals surface area contributed by atoms with Gasteiger partial charge in [-0.3, -0.25) is 0 Å². The molecular formula is C21H30N4O3S.